The molecule has 0 aliphatic rings. The second-order valence-electron chi connectivity index (χ2n) is 3.28. The zero-order valence-corrected chi connectivity index (χ0v) is 10.9. The number of carbonyl (C=O) groups is 1. The third-order valence-electron chi connectivity index (χ3n) is 2.23. The Hall–Kier alpha value is -1.14. The average Bonchev–Trinajstić information content (AvgIpc) is 2.80. The van der Waals surface area contributed by atoms with E-state index >= 15 is 0 Å². The van der Waals surface area contributed by atoms with Crippen molar-refractivity contribution < 1.29 is 9.90 Å². The van der Waals surface area contributed by atoms with Crippen molar-refractivity contribution in [2.45, 2.75) is 6.42 Å². The van der Waals surface area contributed by atoms with Gasteiger partial charge in [-0.1, -0.05) is 6.07 Å². The molecule has 2 aromatic heterocycles. The third kappa shape index (κ3) is 2.03. The van der Waals surface area contributed by atoms with Crippen LogP contribution in [0.2, 0.25) is 0 Å². The number of halogens is 1. The lowest BCUT2D eigenvalue weighted by atomic mass is 10.3. The van der Waals surface area contributed by atoms with Crippen LogP contribution in [0.3, 0.4) is 0 Å². The van der Waals surface area contributed by atoms with Crippen molar-refractivity contribution in [2.75, 3.05) is 0 Å². The summed E-state index contributed by atoms with van der Waals surface area (Å²) in [6.07, 6.45) is -0.0323. The maximum absolute atomic E-state index is 10.7. The number of thiophene rings is 1. The van der Waals surface area contributed by atoms with Gasteiger partial charge in [-0.05, 0) is 27.4 Å². The van der Waals surface area contributed by atoms with Gasteiger partial charge in [0.05, 0.1) is 17.0 Å². The number of aromatic nitrogens is 2. The molecule has 6 heteroatoms. The highest BCUT2D eigenvalue weighted by Crippen LogP contribution is 2.28. The minimum Gasteiger partial charge on any atom is -0.481 e. The molecule has 0 aliphatic carbocycles. The lowest BCUT2D eigenvalue weighted by Crippen LogP contribution is -2.06. The van der Waals surface area contributed by atoms with Crippen molar-refractivity contribution in [3.05, 3.63) is 27.8 Å². The predicted octanol–water partition coefficient (Wildman–Crippen LogP) is 2.54. The topological polar surface area (TPSA) is 55.1 Å². The fraction of sp³-hybridized carbons (Fsp3) is 0.200. The molecule has 0 unspecified atom stereocenters. The summed E-state index contributed by atoms with van der Waals surface area (Å²) < 4.78 is 2.41. The van der Waals surface area contributed by atoms with Crippen molar-refractivity contribution in [3.63, 3.8) is 0 Å². The Kier molecular flexibility index (Phi) is 3.11. The van der Waals surface area contributed by atoms with Crippen LogP contribution in [0.5, 0.6) is 0 Å². The van der Waals surface area contributed by atoms with Crippen molar-refractivity contribution in [1.29, 1.82) is 0 Å². The smallest absolute Gasteiger partial charge is 0.309 e. The zero-order chi connectivity index (χ0) is 11.7. The molecule has 16 heavy (non-hydrogen) atoms. The average molecular weight is 301 g/mol. The molecule has 0 aliphatic heterocycles. The van der Waals surface area contributed by atoms with Gasteiger partial charge in [-0.25, -0.2) is 4.98 Å². The van der Waals surface area contributed by atoms with Crippen LogP contribution in [0.25, 0.3) is 10.7 Å². The Morgan fingerprint density at radius 3 is 3.00 bits per heavy atom. The van der Waals surface area contributed by atoms with Crippen molar-refractivity contribution in [1.82, 2.24) is 9.55 Å². The van der Waals surface area contributed by atoms with Gasteiger partial charge in [-0.2, -0.15) is 0 Å². The number of hydrogen-bond donors (Lipinski definition) is 1. The molecule has 0 aromatic carbocycles. The molecule has 1 N–H and O–H groups in total. The van der Waals surface area contributed by atoms with E-state index in [1.165, 1.54) is 0 Å². The summed E-state index contributed by atoms with van der Waals surface area (Å²) >= 11 is 4.87. The minimum atomic E-state index is -0.860. The highest BCUT2D eigenvalue weighted by molar-refractivity contribution is 9.10. The molecular weight excluding hydrogens is 292 g/mol. The van der Waals surface area contributed by atoms with Gasteiger partial charge in [0.25, 0.3) is 0 Å². The summed E-state index contributed by atoms with van der Waals surface area (Å²) in [5.74, 6) is -0.0699. The fourth-order valence-corrected chi connectivity index (χ4v) is 2.78. The number of carboxylic acid groups (broad SMARTS) is 1. The van der Waals surface area contributed by atoms with Crippen molar-refractivity contribution in [2.24, 2.45) is 7.05 Å². The molecule has 2 rings (SSSR count). The van der Waals surface area contributed by atoms with Crippen LogP contribution >= 0.6 is 27.3 Å². The number of carboxylic acids is 1. The Labute approximate surface area is 105 Å². The summed E-state index contributed by atoms with van der Waals surface area (Å²) in [5.41, 5.74) is 0.677. The van der Waals surface area contributed by atoms with Crippen LogP contribution in [0.4, 0.5) is 0 Å². The van der Waals surface area contributed by atoms with Crippen LogP contribution in [-0.4, -0.2) is 20.6 Å². The van der Waals surface area contributed by atoms with Crippen LogP contribution in [0, 0.1) is 0 Å². The highest BCUT2D eigenvalue weighted by Gasteiger charge is 2.16. The Balaban J connectivity index is 2.46. The molecule has 0 spiro atoms. The van der Waals surface area contributed by atoms with Crippen molar-refractivity contribution in [3.8, 4) is 10.7 Å². The maximum atomic E-state index is 10.7. The summed E-state index contributed by atoms with van der Waals surface area (Å²) in [4.78, 5) is 16.1. The van der Waals surface area contributed by atoms with E-state index < -0.39 is 5.97 Å². The van der Waals surface area contributed by atoms with E-state index in [0.717, 1.165) is 10.7 Å². The van der Waals surface area contributed by atoms with Gasteiger partial charge in [0, 0.05) is 7.05 Å². The lowest BCUT2D eigenvalue weighted by molar-refractivity contribution is -0.136. The third-order valence-corrected chi connectivity index (χ3v) is 3.73. The van der Waals surface area contributed by atoms with Gasteiger partial charge in [0.2, 0.25) is 0 Å². The second kappa shape index (κ2) is 4.39. The first-order valence-electron chi connectivity index (χ1n) is 4.56. The Morgan fingerprint density at radius 1 is 1.69 bits per heavy atom. The fourth-order valence-electron chi connectivity index (χ4n) is 1.46. The van der Waals surface area contributed by atoms with Gasteiger partial charge >= 0.3 is 5.97 Å². The largest absolute Gasteiger partial charge is 0.481 e. The summed E-state index contributed by atoms with van der Waals surface area (Å²) in [6.45, 7) is 0. The molecule has 0 saturated carbocycles. The van der Waals surface area contributed by atoms with Crippen LogP contribution in [0.15, 0.2) is 22.1 Å². The van der Waals surface area contributed by atoms with E-state index in [1.54, 1.807) is 11.3 Å². The standard InChI is InChI=1S/C10H9BrN2O2S/c1-13-6(5-8(14)15)9(11)12-10(13)7-3-2-4-16-7/h2-4H,5H2,1H3,(H,14,15). The SMILES string of the molecule is Cn1c(-c2cccs2)nc(Br)c1CC(=O)O. The quantitative estimate of drug-likeness (QED) is 0.948. The summed E-state index contributed by atoms with van der Waals surface area (Å²) in [7, 11) is 1.82. The molecule has 0 bridgehead atoms. The van der Waals surface area contributed by atoms with Gasteiger partial charge < -0.3 is 9.67 Å². The van der Waals surface area contributed by atoms with E-state index in [-0.39, 0.29) is 6.42 Å². The minimum absolute atomic E-state index is 0.0323. The molecule has 0 radical (unpaired) electrons. The van der Waals surface area contributed by atoms with E-state index in [1.807, 2.05) is 29.1 Å². The van der Waals surface area contributed by atoms with Crippen molar-refractivity contribution >= 4 is 33.2 Å². The van der Waals surface area contributed by atoms with Gasteiger partial charge in [0.1, 0.15) is 4.60 Å². The molecule has 2 heterocycles. The maximum Gasteiger partial charge on any atom is 0.309 e. The van der Waals surface area contributed by atoms with Crippen LogP contribution < -0.4 is 0 Å². The first-order chi connectivity index (χ1) is 7.59. The predicted molar refractivity (Wildman–Crippen MR) is 65.6 cm³/mol. The van der Waals surface area contributed by atoms with Crippen LogP contribution in [-0.2, 0) is 18.3 Å². The second-order valence-corrected chi connectivity index (χ2v) is 4.98. The summed E-state index contributed by atoms with van der Waals surface area (Å²) in [6, 6.07) is 3.91. The van der Waals surface area contributed by atoms with E-state index in [4.69, 9.17) is 5.11 Å². The molecular formula is C10H9BrN2O2S. The molecule has 0 amide bonds. The lowest BCUT2D eigenvalue weighted by Gasteiger charge is -2.02. The summed E-state index contributed by atoms with van der Waals surface area (Å²) in [5, 5.41) is 10.8. The molecule has 0 atom stereocenters. The Morgan fingerprint density at radius 2 is 2.44 bits per heavy atom. The van der Waals surface area contributed by atoms with E-state index in [2.05, 4.69) is 20.9 Å². The zero-order valence-electron chi connectivity index (χ0n) is 8.48. The number of aliphatic carboxylic acids is 1. The number of hydrogen-bond acceptors (Lipinski definition) is 3. The van der Waals surface area contributed by atoms with Gasteiger partial charge in [-0.15, -0.1) is 11.3 Å². The molecule has 0 saturated heterocycles. The van der Waals surface area contributed by atoms with E-state index in [0.29, 0.717) is 10.3 Å². The highest BCUT2D eigenvalue weighted by atomic mass is 79.9. The normalized spacial score (nSPS) is 10.6. The number of imidazole rings is 1. The Bertz CT molecular complexity index is 519. The monoisotopic (exact) mass is 300 g/mol. The molecule has 2 aromatic rings. The van der Waals surface area contributed by atoms with Gasteiger partial charge in [0.15, 0.2) is 5.82 Å². The first kappa shape index (κ1) is 11.3. The van der Waals surface area contributed by atoms with Crippen LogP contribution in [0.1, 0.15) is 5.69 Å². The van der Waals surface area contributed by atoms with Gasteiger partial charge in [-0.3, -0.25) is 4.79 Å². The number of nitrogens with zero attached hydrogens (tertiary/aromatic N) is 2. The van der Waals surface area contributed by atoms with E-state index in [9.17, 15) is 4.79 Å². The first-order valence-corrected chi connectivity index (χ1v) is 6.23. The molecule has 4 nitrogen and oxygen atoms in total. The number of rotatable bonds is 3. The molecule has 84 valence electrons. The molecule has 0 fully saturated rings.